The van der Waals surface area contributed by atoms with E-state index in [1.54, 1.807) is 17.7 Å². The van der Waals surface area contributed by atoms with Crippen molar-refractivity contribution < 1.29 is 0 Å². The molecule has 0 spiro atoms. The molecule has 0 aromatic carbocycles. The van der Waals surface area contributed by atoms with Crippen LogP contribution < -0.4 is 11.1 Å². The molecule has 0 aliphatic heterocycles. The van der Waals surface area contributed by atoms with Gasteiger partial charge in [0.2, 0.25) is 0 Å². The number of aromatic nitrogens is 2. The van der Waals surface area contributed by atoms with E-state index in [4.69, 9.17) is 5.73 Å². The summed E-state index contributed by atoms with van der Waals surface area (Å²) in [6, 6.07) is 2.02. The highest BCUT2D eigenvalue weighted by Crippen LogP contribution is 2.24. The van der Waals surface area contributed by atoms with Crippen molar-refractivity contribution >= 4 is 27.4 Å². The van der Waals surface area contributed by atoms with Crippen LogP contribution in [0.5, 0.6) is 0 Å². The van der Waals surface area contributed by atoms with Gasteiger partial charge >= 0.3 is 0 Å². The summed E-state index contributed by atoms with van der Waals surface area (Å²) in [7, 11) is 0. The second kappa shape index (κ2) is 5.93. The Morgan fingerprint density at radius 2 is 2.35 bits per heavy atom. The standard InChI is InChI=1S/C12H18N4S/c1-9(7-13)3-2-5-14-12-11-10(4-6-17-11)15-8-16-12/h4,6,8-9H,2-3,5,7,13H2,1H3,(H,14,15,16). The average molecular weight is 250 g/mol. The highest BCUT2D eigenvalue weighted by atomic mass is 32.1. The third kappa shape index (κ3) is 3.14. The molecule has 2 aromatic heterocycles. The molecule has 5 heteroatoms. The number of anilines is 1. The predicted molar refractivity (Wildman–Crippen MR) is 73.4 cm³/mol. The van der Waals surface area contributed by atoms with Gasteiger partial charge in [-0.05, 0) is 36.8 Å². The molecule has 0 bridgehead atoms. The van der Waals surface area contributed by atoms with Gasteiger partial charge in [0, 0.05) is 6.54 Å². The summed E-state index contributed by atoms with van der Waals surface area (Å²) >= 11 is 1.68. The van der Waals surface area contributed by atoms with Gasteiger partial charge in [-0.1, -0.05) is 6.92 Å². The van der Waals surface area contributed by atoms with Crippen molar-refractivity contribution in [3.05, 3.63) is 17.8 Å². The third-order valence-corrected chi connectivity index (χ3v) is 3.72. The molecule has 1 atom stereocenters. The lowest BCUT2D eigenvalue weighted by Gasteiger charge is -2.09. The van der Waals surface area contributed by atoms with Crippen LogP contribution in [0.3, 0.4) is 0 Å². The van der Waals surface area contributed by atoms with Gasteiger partial charge in [0.15, 0.2) is 0 Å². The first-order valence-electron chi connectivity index (χ1n) is 5.93. The molecule has 0 aliphatic rings. The van der Waals surface area contributed by atoms with E-state index in [1.807, 2.05) is 11.4 Å². The normalized spacial score (nSPS) is 12.8. The molecule has 0 saturated carbocycles. The molecule has 0 radical (unpaired) electrons. The Balaban J connectivity index is 1.88. The molecule has 92 valence electrons. The number of hydrogen-bond donors (Lipinski definition) is 2. The maximum absolute atomic E-state index is 5.59. The summed E-state index contributed by atoms with van der Waals surface area (Å²) in [6.45, 7) is 3.89. The van der Waals surface area contributed by atoms with E-state index in [0.29, 0.717) is 5.92 Å². The number of nitrogens with two attached hydrogens (primary N) is 1. The molecule has 0 fully saturated rings. The first kappa shape index (κ1) is 12.3. The fraction of sp³-hybridized carbons (Fsp3) is 0.500. The fourth-order valence-electron chi connectivity index (χ4n) is 1.69. The lowest BCUT2D eigenvalue weighted by Crippen LogP contribution is -2.12. The maximum Gasteiger partial charge on any atom is 0.147 e. The molecule has 2 heterocycles. The highest BCUT2D eigenvalue weighted by molar-refractivity contribution is 7.17. The van der Waals surface area contributed by atoms with Crippen LogP contribution in [0.1, 0.15) is 19.8 Å². The van der Waals surface area contributed by atoms with Gasteiger partial charge in [-0.25, -0.2) is 9.97 Å². The Bertz CT molecular complexity index is 468. The monoisotopic (exact) mass is 250 g/mol. The predicted octanol–water partition coefficient (Wildman–Crippen LogP) is 2.48. The van der Waals surface area contributed by atoms with E-state index in [1.165, 1.54) is 0 Å². The summed E-state index contributed by atoms with van der Waals surface area (Å²) in [5.41, 5.74) is 6.60. The van der Waals surface area contributed by atoms with E-state index in [9.17, 15) is 0 Å². The van der Waals surface area contributed by atoms with Crippen molar-refractivity contribution in [1.29, 1.82) is 0 Å². The average Bonchev–Trinajstić information content (AvgIpc) is 2.83. The summed E-state index contributed by atoms with van der Waals surface area (Å²) < 4.78 is 1.14. The fourth-order valence-corrected chi connectivity index (χ4v) is 2.50. The topological polar surface area (TPSA) is 63.8 Å². The Kier molecular flexibility index (Phi) is 4.28. The van der Waals surface area contributed by atoms with Gasteiger partial charge in [-0.15, -0.1) is 11.3 Å². The van der Waals surface area contributed by atoms with Gasteiger partial charge in [0.05, 0.1) is 10.2 Å². The molecule has 2 rings (SSSR count). The van der Waals surface area contributed by atoms with Crippen molar-refractivity contribution in [1.82, 2.24) is 9.97 Å². The van der Waals surface area contributed by atoms with Gasteiger partial charge in [0.25, 0.3) is 0 Å². The second-order valence-electron chi connectivity index (χ2n) is 4.27. The van der Waals surface area contributed by atoms with E-state index in [0.717, 1.165) is 42.0 Å². The molecule has 4 nitrogen and oxygen atoms in total. The van der Waals surface area contributed by atoms with Crippen LogP contribution >= 0.6 is 11.3 Å². The van der Waals surface area contributed by atoms with Crippen LogP contribution in [0.25, 0.3) is 10.2 Å². The van der Waals surface area contributed by atoms with Gasteiger partial charge in [-0.3, -0.25) is 0 Å². The first-order chi connectivity index (χ1) is 8.31. The van der Waals surface area contributed by atoms with E-state index < -0.39 is 0 Å². The number of thiophene rings is 1. The highest BCUT2D eigenvalue weighted by Gasteiger charge is 2.04. The molecule has 1 unspecified atom stereocenters. The van der Waals surface area contributed by atoms with Crippen LogP contribution in [0.2, 0.25) is 0 Å². The lowest BCUT2D eigenvalue weighted by atomic mass is 10.1. The van der Waals surface area contributed by atoms with Crippen LogP contribution in [0, 0.1) is 5.92 Å². The van der Waals surface area contributed by atoms with E-state index in [2.05, 4.69) is 22.2 Å². The van der Waals surface area contributed by atoms with E-state index >= 15 is 0 Å². The molecule has 0 amide bonds. The summed E-state index contributed by atoms with van der Waals surface area (Å²) in [5.74, 6) is 1.55. The van der Waals surface area contributed by atoms with Crippen molar-refractivity contribution in [2.24, 2.45) is 11.7 Å². The number of hydrogen-bond acceptors (Lipinski definition) is 5. The van der Waals surface area contributed by atoms with E-state index in [-0.39, 0.29) is 0 Å². The van der Waals surface area contributed by atoms with Gasteiger partial charge < -0.3 is 11.1 Å². The summed E-state index contributed by atoms with van der Waals surface area (Å²) in [6.07, 6.45) is 3.89. The largest absolute Gasteiger partial charge is 0.369 e. The van der Waals surface area contributed by atoms with Crippen molar-refractivity contribution in [3.8, 4) is 0 Å². The van der Waals surface area contributed by atoms with Crippen LogP contribution in [-0.2, 0) is 0 Å². The smallest absolute Gasteiger partial charge is 0.147 e. The number of nitrogens with zero attached hydrogens (tertiary/aromatic N) is 2. The van der Waals surface area contributed by atoms with Gasteiger partial charge in [-0.2, -0.15) is 0 Å². The van der Waals surface area contributed by atoms with Crippen LogP contribution in [-0.4, -0.2) is 23.1 Å². The zero-order valence-corrected chi connectivity index (χ0v) is 10.8. The minimum Gasteiger partial charge on any atom is -0.369 e. The molecular formula is C12H18N4S. The number of nitrogens with one attached hydrogen (secondary N) is 1. The lowest BCUT2D eigenvalue weighted by molar-refractivity contribution is 0.529. The summed E-state index contributed by atoms with van der Waals surface area (Å²) in [4.78, 5) is 8.49. The molecular weight excluding hydrogens is 232 g/mol. The Hall–Kier alpha value is -1.20. The molecule has 2 aromatic rings. The van der Waals surface area contributed by atoms with Crippen LogP contribution in [0.15, 0.2) is 17.8 Å². The van der Waals surface area contributed by atoms with Crippen molar-refractivity contribution in [3.63, 3.8) is 0 Å². The zero-order chi connectivity index (χ0) is 12.1. The summed E-state index contributed by atoms with van der Waals surface area (Å²) in [5, 5.41) is 5.41. The Morgan fingerprint density at radius 3 is 3.18 bits per heavy atom. The van der Waals surface area contributed by atoms with Crippen LogP contribution in [0.4, 0.5) is 5.82 Å². The molecule has 3 N–H and O–H groups in total. The minimum atomic E-state index is 0.601. The Morgan fingerprint density at radius 1 is 1.47 bits per heavy atom. The number of fused-ring (bicyclic) bond motifs is 1. The third-order valence-electron chi connectivity index (χ3n) is 2.81. The van der Waals surface area contributed by atoms with Crippen molar-refractivity contribution in [2.75, 3.05) is 18.4 Å². The SMILES string of the molecule is CC(CN)CCCNc1ncnc2ccsc12. The second-order valence-corrected chi connectivity index (χ2v) is 5.18. The maximum atomic E-state index is 5.59. The molecule has 17 heavy (non-hydrogen) atoms. The molecule has 0 aliphatic carbocycles. The first-order valence-corrected chi connectivity index (χ1v) is 6.81. The van der Waals surface area contributed by atoms with Crippen molar-refractivity contribution in [2.45, 2.75) is 19.8 Å². The quantitative estimate of drug-likeness (QED) is 0.773. The Labute approximate surface area is 105 Å². The zero-order valence-electron chi connectivity index (χ0n) is 10.0. The minimum absolute atomic E-state index is 0.601. The van der Waals surface area contributed by atoms with Gasteiger partial charge in [0.1, 0.15) is 12.1 Å². The molecule has 0 saturated heterocycles. The number of rotatable bonds is 6.